The average molecular weight is 210 g/mol. The smallest absolute Gasteiger partial charge is 0.101 e. The fourth-order valence-electron chi connectivity index (χ4n) is 1.54. The van der Waals surface area contributed by atoms with Crippen molar-refractivity contribution in [2.24, 2.45) is 0 Å². The Morgan fingerprint density at radius 2 is 2.27 bits per heavy atom. The Morgan fingerprint density at radius 1 is 1.53 bits per heavy atom. The lowest BCUT2D eigenvalue weighted by atomic mass is 10.2. The quantitative estimate of drug-likeness (QED) is 0.778. The van der Waals surface area contributed by atoms with Crippen LogP contribution in [0.2, 0.25) is 0 Å². The van der Waals surface area contributed by atoms with Crippen LogP contribution in [0.25, 0.3) is 0 Å². The minimum Gasteiger partial charge on any atom is -0.469 e. The molecular formula is C12H22N2O. The zero-order chi connectivity index (χ0) is 11.3. The molecule has 0 aliphatic rings. The van der Waals surface area contributed by atoms with Crippen molar-refractivity contribution in [1.29, 1.82) is 0 Å². The van der Waals surface area contributed by atoms with Crippen molar-refractivity contribution in [3.63, 3.8) is 0 Å². The second-order valence-electron chi connectivity index (χ2n) is 4.20. The van der Waals surface area contributed by atoms with Crippen LogP contribution < -0.4 is 5.32 Å². The molecule has 0 amide bonds. The predicted molar refractivity (Wildman–Crippen MR) is 62.9 cm³/mol. The Labute approximate surface area is 92.5 Å². The molecule has 0 aliphatic carbocycles. The molecule has 0 spiro atoms. The van der Waals surface area contributed by atoms with Crippen LogP contribution in [-0.2, 0) is 6.54 Å². The summed E-state index contributed by atoms with van der Waals surface area (Å²) in [5.74, 6) is 0.977. The number of aryl methyl sites for hydroxylation is 1. The Balaban J connectivity index is 2.25. The molecule has 0 radical (unpaired) electrons. The third-order valence-corrected chi connectivity index (χ3v) is 2.56. The van der Waals surface area contributed by atoms with Crippen molar-refractivity contribution in [2.75, 3.05) is 20.1 Å². The molecule has 86 valence electrons. The van der Waals surface area contributed by atoms with Gasteiger partial charge in [-0.3, -0.25) is 0 Å². The van der Waals surface area contributed by atoms with Gasteiger partial charge in [0.2, 0.25) is 0 Å². The first-order chi connectivity index (χ1) is 7.11. The first kappa shape index (κ1) is 12.3. The fourth-order valence-corrected chi connectivity index (χ4v) is 1.54. The zero-order valence-electron chi connectivity index (χ0n) is 10.2. The van der Waals surface area contributed by atoms with Gasteiger partial charge in [0.25, 0.3) is 0 Å². The topological polar surface area (TPSA) is 28.4 Å². The number of furan rings is 1. The van der Waals surface area contributed by atoms with Crippen molar-refractivity contribution in [1.82, 2.24) is 10.2 Å². The van der Waals surface area contributed by atoms with E-state index in [1.165, 1.54) is 5.56 Å². The molecule has 15 heavy (non-hydrogen) atoms. The van der Waals surface area contributed by atoms with Crippen molar-refractivity contribution in [2.45, 2.75) is 33.4 Å². The summed E-state index contributed by atoms with van der Waals surface area (Å²) >= 11 is 0. The Bertz CT molecular complexity index is 283. The second-order valence-corrected chi connectivity index (χ2v) is 4.20. The van der Waals surface area contributed by atoms with E-state index in [0.29, 0.717) is 6.04 Å². The van der Waals surface area contributed by atoms with E-state index in [2.05, 4.69) is 37.2 Å². The van der Waals surface area contributed by atoms with Gasteiger partial charge >= 0.3 is 0 Å². The van der Waals surface area contributed by atoms with Gasteiger partial charge in [0.1, 0.15) is 5.76 Å². The number of hydrogen-bond acceptors (Lipinski definition) is 3. The van der Waals surface area contributed by atoms with Crippen LogP contribution in [0.4, 0.5) is 0 Å². The molecule has 3 nitrogen and oxygen atoms in total. The molecule has 1 rings (SSSR count). The van der Waals surface area contributed by atoms with Crippen LogP contribution in [0.3, 0.4) is 0 Å². The lowest BCUT2D eigenvalue weighted by Gasteiger charge is -2.20. The van der Waals surface area contributed by atoms with Crippen molar-refractivity contribution in [3.8, 4) is 0 Å². The molecule has 0 fully saturated rings. The number of nitrogens with one attached hydrogen (secondary N) is 1. The Hall–Kier alpha value is -0.800. The van der Waals surface area contributed by atoms with Gasteiger partial charge in [0, 0.05) is 24.7 Å². The van der Waals surface area contributed by atoms with Gasteiger partial charge in [0.15, 0.2) is 0 Å². The summed E-state index contributed by atoms with van der Waals surface area (Å²) in [5, 5.41) is 3.48. The molecule has 1 unspecified atom stereocenters. The monoisotopic (exact) mass is 210 g/mol. The van der Waals surface area contributed by atoms with Gasteiger partial charge in [-0.25, -0.2) is 0 Å². The maximum absolute atomic E-state index is 5.25. The molecule has 1 aromatic heterocycles. The van der Waals surface area contributed by atoms with E-state index >= 15 is 0 Å². The summed E-state index contributed by atoms with van der Waals surface area (Å²) in [4.78, 5) is 2.30. The molecule has 0 bridgehead atoms. The van der Waals surface area contributed by atoms with E-state index in [4.69, 9.17) is 4.42 Å². The van der Waals surface area contributed by atoms with Gasteiger partial charge in [-0.15, -0.1) is 0 Å². The van der Waals surface area contributed by atoms with Gasteiger partial charge < -0.3 is 14.6 Å². The highest BCUT2D eigenvalue weighted by atomic mass is 16.3. The van der Waals surface area contributed by atoms with E-state index in [9.17, 15) is 0 Å². The molecule has 1 heterocycles. The van der Waals surface area contributed by atoms with Crippen molar-refractivity contribution >= 4 is 0 Å². The van der Waals surface area contributed by atoms with Gasteiger partial charge in [0.05, 0.1) is 6.26 Å². The first-order valence-electron chi connectivity index (χ1n) is 5.57. The summed E-state index contributed by atoms with van der Waals surface area (Å²) in [6.45, 7) is 9.41. The Kier molecular flexibility index (Phi) is 4.85. The lowest BCUT2D eigenvalue weighted by Crippen LogP contribution is -2.36. The second kappa shape index (κ2) is 5.93. The summed E-state index contributed by atoms with van der Waals surface area (Å²) in [6.07, 6.45) is 1.82. The number of likely N-dealkylation sites (N-methyl/N-ethyl adjacent to an activating group) is 1. The summed E-state index contributed by atoms with van der Waals surface area (Å²) in [5.41, 5.74) is 1.22. The predicted octanol–water partition coefficient (Wildman–Crippen LogP) is 2.02. The number of nitrogens with zero attached hydrogens (tertiary/aromatic N) is 1. The third-order valence-electron chi connectivity index (χ3n) is 2.56. The molecule has 1 aromatic rings. The van der Waals surface area contributed by atoms with Crippen molar-refractivity contribution in [3.05, 3.63) is 23.7 Å². The van der Waals surface area contributed by atoms with Crippen LogP contribution in [0.15, 0.2) is 16.7 Å². The molecule has 0 aromatic carbocycles. The molecule has 0 saturated carbocycles. The highest BCUT2D eigenvalue weighted by Crippen LogP contribution is 2.05. The van der Waals surface area contributed by atoms with E-state index in [-0.39, 0.29) is 0 Å². The molecular weight excluding hydrogens is 188 g/mol. The Morgan fingerprint density at radius 3 is 2.80 bits per heavy atom. The minimum atomic E-state index is 0.505. The first-order valence-corrected chi connectivity index (χ1v) is 5.57. The molecule has 1 atom stereocenters. The van der Waals surface area contributed by atoms with E-state index < -0.39 is 0 Å². The average Bonchev–Trinajstić information content (AvgIpc) is 2.61. The maximum atomic E-state index is 5.25. The highest BCUT2D eigenvalue weighted by Gasteiger charge is 2.05. The summed E-state index contributed by atoms with van der Waals surface area (Å²) in [7, 11) is 2.14. The molecule has 3 heteroatoms. The number of rotatable bonds is 6. The molecule has 1 N–H and O–H groups in total. The van der Waals surface area contributed by atoms with Crippen molar-refractivity contribution < 1.29 is 4.42 Å². The van der Waals surface area contributed by atoms with Gasteiger partial charge in [-0.2, -0.15) is 0 Å². The highest BCUT2D eigenvalue weighted by molar-refractivity contribution is 5.11. The van der Waals surface area contributed by atoms with Gasteiger partial charge in [-0.05, 0) is 33.5 Å². The maximum Gasteiger partial charge on any atom is 0.101 e. The lowest BCUT2D eigenvalue weighted by molar-refractivity contribution is 0.309. The summed E-state index contributed by atoms with van der Waals surface area (Å²) < 4.78 is 5.25. The number of hydrogen-bond donors (Lipinski definition) is 1. The third kappa shape index (κ3) is 4.49. The van der Waals surface area contributed by atoms with Crippen LogP contribution in [0, 0.1) is 6.92 Å². The van der Waals surface area contributed by atoms with E-state index in [0.717, 1.165) is 25.4 Å². The standard InChI is InChI=1S/C12H22N2O/c1-5-14(4)8-10(2)13-7-12-6-11(3)15-9-12/h6,9-10,13H,5,7-8H2,1-4H3. The van der Waals surface area contributed by atoms with E-state index in [1.54, 1.807) is 0 Å². The summed E-state index contributed by atoms with van der Waals surface area (Å²) in [6, 6.07) is 2.58. The largest absolute Gasteiger partial charge is 0.469 e. The van der Waals surface area contributed by atoms with Crippen LogP contribution in [0.5, 0.6) is 0 Å². The van der Waals surface area contributed by atoms with Crippen LogP contribution in [0.1, 0.15) is 25.2 Å². The molecule has 0 aliphatic heterocycles. The van der Waals surface area contributed by atoms with Crippen LogP contribution >= 0.6 is 0 Å². The SMILES string of the molecule is CCN(C)CC(C)NCc1coc(C)c1. The fraction of sp³-hybridized carbons (Fsp3) is 0.667. The zero-order valence-corrected chi connectivity index (χ0v) is 10.2. The van der Waals surface area contributed by atoms with Crippen LogP contribution in [-0.4, -0.2) is 31.1 Å². The minimum absolute atomic E-state index is 0.505. The van der Waals surface area contributed by atoms with E-state index in [1.807, 2.05) is 13.2 Å². The molecule has 0 saturated heterocycles. The van der Waals surface area contributed by atoms with Gasteiger partial charge in [-0.1, -0.05) is 6.92 Å². The normalized spacial score (nSPS) is 13.4.